The third kappa shape index (κ3) is 3.48. The number of nitrogens with one attached hydrogen (secondary N) is 1. The van der Waals surface area contributed by atoms with Gasteiger partial charge in [-0.15, -0.1) is 0 Å². The molecule has 0 spiro atoms. The van der Waals surface area contributed by atoms with E-state index in [4.69, 9.17) is 4.74 Å². The molecule has 0 saturated carbocycles. The normalized spacial score (nSPS) is 11.1. The van der Waals surface area contributed by atoms with Crippen LogP contribution in [0.2, 0.25) is 0 Å². The van der Waals surface area contributed by atoms with Crippen molar-refractivity contribution < 1.29 is 9.53 Å². The predicted octanol–water partition coefficient (Wildman–Crippen LogP) is 3.78. The molecule has 1 amide bonds. The first-order valence-corrected chi connectivity index (χ1v) is 8.79. The Kier molecular flexibility index (Phi) is 5.38. The Morgan fingerprint density at radius 3 is 2.58 bits per heavy atom. The molecule has 3 aromatic rings. The molecule has 5 heteroatoms. The van der Waals surface area contributed by atoms with Crippen LogP contribution >= 0.6 is 0 Å². The Labute approximate surface area is 154 Å². The number of ether oxygens (including phenoxy) is 1. The summed E-state index contributed by atoms with van der Waals surface area (Å²) in [5.41, 5.74) is 5.85. The fraction of sp³-hybridized carbons (Fsp3) is 0.333. The number of methoxy groups -OCH3 is 1. The summed E-state index contributed by atoms with van der Waals surface area (Å²) in [4.78, 5) is 22.8. The first-order valence-electron chi connectivity index (χ1n) is 8.79. The van der Waals surface area contributed by atoms with Crippen molar-refractivity contribution in [1.29, 1.82) is 0 Å². The van der Waals surface area contributed by atoms with Crippen LogP contribution < -0.4 is 0 Å². The van der Waals surface area contributed by atoms with E-state index >= 15 is 0 Å². The fourth-order valence-corrected chi connectivity index (χ4v) is 3.31. The number of carbonyl (C=O) groups excluding carboxylic acids is 1. The van der Waals surface area contributed by atoms with Crippen LogP contribution in [-0.2, 0) is 11.3 Å². The summed E-state index contributed by atoms with van der Waals surface area (Å²) in [5.74, 6) is -0.0276. The average molecular weight is 351 g/mol. The van der Waals surface area contributed by atoms with Gasteiger partial charge in [0.05, 0.1) is 18.8 Å². The van der Waals surface area contributed by atoms with Crippen LogP contribution in [-0.4, -0.2) is 41.0 Å². The van der Waals surface area contributed by atoms with Gasteiger partial charge in [0.2, 0.25) is 0 Å². The Hall–Kier alpha value is -2.66. The predicted molar refractivity (Wildman–Crippen MR) is 103 cm³/mol. The number of H-pyrrole nitrogens is 1. The van der Waals surface area contributed by atoms with Gasteiger partial charge in [0.1, 0.15) is 5.69 Å². The molecule has 0 radical (unpaired) electrons. The number of amides is 1. The van der Waals surface area contributed by atoms with E-state index in [1.807, 2.05) is 25.1 Å². The second-order valence-electron chi connectivity index (χ2n) is 6.61. The molecule has 0 aliphatic carbocycles. The minimum atomic E-state index is -0.0276. The highest BCUT2D eigenvalue weighted by Gasteiger charge is 2.22. The highest BCUT2D eigenvalue weighted by molar-refractivity contribution is 6.02. The monoisotopic (exact) mass is 351 g/mol. The zero-order valence-corrected chi connectivity index (χ0v) is 15.8. The lowest BCUT2D eigenvalue weighted by molar-refractivity contribution is 0.0672. The van der Waals surface area contributed by atoms with Gasteiger partial charge in [-0.1, -0.05) is 18.2 Å². The molecule has 0 saturated heterocycles. The summed E-state index contributed by atoms with van der Waals surface area (Å²) in [6.45, 7) is 7.59. The van der Waals surface area contributed by atoms with E-state index in [2.05, 4.69) is 35.9 Å². The van der Waals surface area contributed by atoms with Crippen LogP contribution in [0.3, 0.4) is 0 Å². The van der Waals surface area contributed by atoms with Crippen molar-refractivity contribution in [3.63, 3.8) is 0 Å². The van der Waals surface area contributed by atoms with E-state index in [9.17, 15) is 4.79 Å². The molecule has 136 valence electrons. The van der Waals surface area contributed by atoms with Crippen molar-refractivity contribution in [2.45, 2.75) is 27.3 Å². The standard InChI is InChI=1S/C21H25N3O2/c1-14-8-9-15(2)19-18(14)16(3)20(23-19)21(25)24(11-12-26-4)13-17-7-5-6-10-22-17/h5-10,23H,11-13H2,1-4H3. The largest absolute Gasteiger partial charge is 0.383 e. The number of carbonyl (C=O) groups is 1. The molecule has 2 aromatic heterocycles. The highest BCUT2D eigenvalue weighted by Crippen LogP contribution is 2.28. The summed E-state index contributed by atoms with van der Waals surface area (Å²) >= 11 is 0. The van der Waals surface area contributed by atoms with Crippen LogP contribution in [0.15, 0.2) is 36.5 Å². The van der Waals surface area contributed by atoms with Gasteiger partial charge >= 0.3 is 0 Å². The quantitative estimate of drug-likeness (QED) is 0.735. The van der Waals surface area contributed by atoms with E-state index in [1.165, 1.54) is 5.56 Å². The van der Waals surface area contributed by atoms with Gasteiger partial charge in [-0.05, 0) is 49.6 Å². The maximum Gasteiger partial charge on any atom is 0.271 e. The topological polar surface area (TPSA) is 58.2 Å². The van der Waals surface area contributed by atoms with Gasteiger partial charge < -0.3 is 14.6 Å². The Morgan fingerprint density at radius 2 is 1.92 bits per heavy atom. The maximum absolute atomic E-state index is 13.3. The molecular weight excluding hydrogens is 326 g/mol. The van der Waals surface area contributed by atoms with Crippen molar-refractivity contribution in [3.05, 3.63) is 64.6 Å². The van der Waals surface area contributed by atoms with Crippen molar-refractivity contribution >= 4 is 16.8 Å². The number of benzene rings is 1. The molecule has 2 heterocycles. The summed E-state index contributed by atoms with van der Waals surface area (Å²) < 4.78 is 5.20. The molecular formula is C21H25N3O2. The summed E-state index contributed by atoms with van der Waals surface area (Å²) in [6, 6.07) is 9.92. The van der Waals surface area contributed by atoms with Crippen LogP contribution in [0.25, 0.3) is 10.9 Å². The number of aromatic amines is 1. The fourth-order valence-electron chi connectivity index (χ4n) is 3.31. The van der Waals surface area contributed by atoms with Crippen molar-refractivity contribution in [3.8, 4) is 0 Å². The van der Waals surface area contributed by atoms with E-state index in [0.29, 0.717) is 25.4 Å². The molecule has 3 rings (SSSR count). The number of hydrogen-bond donors (Lipinski definition) is 1. The SMILES string of the molecule is COCCN(Cc1ccccn1)C(=O)c1[nH]c2c(C)ccc(C)c2c1C. The number of pyridine rings is 1. The van der Waals surface area contributed by atoms with Gasteiger partial charge in [0.15, 0.2) is 0 Å². The molecule has 0 bridgehead atoms. The number of nitrogens with zero attached hydrogens (tertiary/aromatic N) is 2. The van der Waals surface area contributed by atoms with Gasteiger partial charge in [0, 0.05) is 30.8 Å². The van der Waals surface area contributed by atoms with Gasteiger partial charge in [-0.25, -0.2) is 0 Å². The van der Waals surface area contributed by atoms with Crippen LogP contribution in [0.1, 0.15) is 32.9 Å². The minimum absolute atomic E-state index is 0.0276. The van der Waals surface area contributed by atoms with Crippen LogP contribution in [0, 0.1) is 20.8 Å². The summed E-state index contributed by atoms with van der Waals surface area (Å²) in [6.07, 6.45) is 1.75. The third-order valence-corrected chi connectivity index (χ3v) is 4.77. The molecule has 0 atom stereocenters. The number of fused-ring (bicyclic) bond motifs is 1. The molecule has 5 nitrogen and oxygen atoms in total. The van der Waals surface area contributed by atoms with Gasteiger partial charge in [-0.3, -0.25) is 9.78 Å². The highest BCUT2D eigenvalue weighted by atomic mass is 16.5. The number of aromatic nitrogens is 2. The smallest absolute Gasteiger partial charge is 0.271 e. The second-order valence-corrected chi connectivity index (χ2v) is 6.61. The lowest BCUT2D eigenvalue weighted by Gasteiger charge is -2.22. The summed E-state index contributed by atoms with van der Waals surface area (Å²) in [5, 5.41) is 1.14. The molecule has 1 N–H and O–H groups in total. The number of aryl methyl sites for hydroxylation is 3. The zero-order chi connectivity index (χ0) is 18.7. The molecule has 0 aliphatic rings. The Morgan fingerprint density at radius 1 is 1.15 bits per heavy atom. The lowest BCUT2D eigenvalue weighted by Crippen LogP contribution is -2.34. The summed E-state index contributed by atoms with van der Waals surface area (Å²) in [7, 11) is 1.64. The first-order chi connectivity index (χ1) is 12.5. The van der Waals surface area contributed by atoms with Gasteiger partial charge in [0.25, 0.3) is 5.91 Å². The van der Waals surface area contributed by atoms with E-state index in [0.717, 1.165) is 27.7 Å². The number of hydrogen-bond acceptors (Lipinski definition) is 3. The van der Waals surface area contributed by atoms with Crippen molar-refractivity contribution in [2.24, 2.45) is 0 Å². The maximum atomic E-state index is 13.3. The Bertz CT molecular complexity index is 916. The van der Waals surface area contributed by atoms with Crippen molar-refractivity contribution in [2.75, 3.05) is 20.3 Å². The molecule has 0 unspecified atom stereocenters. The number of rotatable bonds is 6. The third-order valence-electron chi connectivity index (χ3n) is 4.77. The van der Waals surface area contributed by atoms with E-state index in [1.54, 1.807) is 18.2 Å². The van der Waals surface area contributed by atoms with Gasteiger partial charge in [-0.2, -0.15) is 0 Å². The van der Waals surface area contributed by atoms with Crippen LogP contribution in [0.5, 0.6) is 0 Å². The van der Waals surface area contributed by atoms with E-state index in [-0.39, 0.29) is 5.91 Å². The Balaban J connectivity index is 1.98. The van der Waals surface area contributed by atoms with E-state index < -0.39 is 0 Å². The molecule has 0 fully saturated rings. The molecule has 1 aromatic carbocycles. The zero-order valence-electron chi connectivity index (χ0n) is 15.8. The van der Waals surface area contributed by atoms with Crippen LogP contribution in [0.4, 0.5) is 0 Å². The van der Waals surface area contributed by atoms with Crippen molar-refractivity contribution in [1.82, 2.24) is 14.9 Å². The minimum Gasteiger partial charge on any atom is -0.383 e. The molecule has 26 heavy (non-hydrogen) atoms. The lowest BCUT2D eigenvalue weighted by atomic mass is 10.0. The first kappa shape index (κ1) is 18.1. The second kappa shape index (κ2) is 7.70. The average Bonchev–Trinajstić information content (AvgIpc) is 3.00. The molecule has 0 aliphatic heterocycles.